The highest BCUT2D eigenvalue weighted by Crippen LogP contribution is 2.38. The number of fused-ring (bicyclic) bond motifs is 2. The molecule has 5 rings (SSSR count). The average Bonchev–Trinajstić information content (AvgIpc) is 3.32. The molecule has 0 atom stereocenters. The third-order valence-electron chi connectivity index (χ3n) is 6.65. The first-order chi connectivity index (χ1) is 16.1. The van der Waals surface area contributed by atoms with Crippen LogP contribution in [0.4, 0.5) is 0 Å². The predicted molar refractivity (Wildman–Crippen MR) is 133 cm³/mol. The van der Waals surface area contributed by atoms with Crippen molar-refractivity contribution in [3.05, 3.63) is 42.7 Å². The Labute approximate surface area is 194 Å². The zero-order valence-electron chi connectivity index (χ0n) is 19.8. The van der Waals surface area contributed by atoms with Crippen molar-refractivity contribution in [2.24, 2.45) is 7.05 Å². The maximum absolute atomic E-state index is 6.20. The van der Waals surface area contributed by atoms with Crippen LogP contribution in [0.1, 0.15) is 12.8 Å². The minimum Gasteiger partial charge on any atom is -0.493 e. The molecule has 1 aliphatic heterocycles. The summed E-state index contributed by atoms with van der Waals surface area (Å²) in [5.41, 5.74) is 4.19. The molecule has 7 heteroatoms. The number of ether oxygens (including phenoxy) is 2. The minimum absolute atomic E-state index is 0.680. The summed E-state index contributed by atoms with van der Waals surface area (Å²) >= 11 is 0. The number of nitrogens with one attached hydrogen (secondary N) is 1. The predicted octanol–water partition coefficient (Wildman–Crippen LogP) is 4.14. The molecule has 4 aromatic rings. The van der Waals surface area contributed by atoms with Crippen molar-refractivity contribution in [1.29, 1.82) is 0 Å². The number of pyridine rings is 1. The van der Waals surface area contributed by atoms with E-state index in [4.69, 9.17) is 9.47 Å². The van der Waals surface area contributed by atoms with Crippen LogP contribution in [0, 0.1) is 0 Å². The molecule has 1 aromatic carbocycles. The normalized spacial score (nSPS) is 15.8. The number of aryl methyl sites for hydroxylation is 1. The van der Waals surface area contributed by atoms with E-state index in [1.54, 1.807) is 7.11 Å². The van der Waals surface area contributed by atoms with Crippen LogP contribution in [0.15, 0.2) is 42.7 Å². The van der Waals surface area contributed by atoms with E-state index in [1.165, 1.54) is 19.5 Å². The van der Waals surface area contributed by atoms with Crippen LogP contribution in [-0.2, 0) is 7.05 Å². The van der Waals surface area contributed by atoms with Crippen molar-refractivity contribution in [3.8, 4) is 22.8 Å². The second-order valence-corrected chi connectivity index (χ2v) is 9.00. The molecular weight excluding hydrogens is 414 g/mol. The number of methoxy groups -OCH3 is 1. The third kappa shape index (κ3) is 4.56. The van der Waals surface area contributed by atoms with Gasteiger partial charge in [0.25, 0.3) is 0 Å². The molecule has 7 nitrogen and oxygen atoms in total. The zero-order valence-corrected chi connectivity index (χ0v) is 19.8. The number of nitrogens with zero attached hydrogens (tertiary/aromatic N) is 4. The summed E-state index contributed by atoms with van der Waals surface area (Å²) in [4.78, 5) is 12.8. The van der Waals surface area contributed by atoms with E-state index in [0.29, 0.717) is 6.61 Å². The topological polar surface area (TPSA) is 58.5 Å². The third-order valence-corrected chi connectivity index (χ3v) is 6.65. The van der Waals surface area contributed by atoms with E-state index < -0.39 is 0 Å². The Morgan fingerprint density at radius 3 is 2.82 bits per heavy atom. The number of H-pyrrole nitrogens is 1. The zero-order chi connectivity index (χ0) is 22.8. The lowest BCUT2D eigenvalue weighted by molar-refractivity contribution is 0.233. The van der Waals surface area contributed by atoms with E-state index in [2.05, 4.69) is 68.9 Å². The molecule has 0 bridgehead atoms. The quantitative estimate of drug-likeness (QED) is 0.432. The first-order valence-corrected chi connectivity index (χ1v) is 11.8. The average molecular weight is 448 g/mol. The summed E-state index contributed by atoms with van der Waals surface area (Å²) in [6.07, 6.45) is 6.20. The molecule has 1 saturated heterocycles. The van der Waals surface area contributed by atoms with Crippen molar-refractivity contribution >= 4 is 21.9 Å². The van der Waals surface area contributed by atoms with Gasteiger partial charge in [-0.3, -0.25) is 0 Å². The highest BCUT2D eigenvalue weighted by molar-refractivity contribution is 5.99. The highest BCUT2D eigenvalue weighted by atomic mass is 16.5. The lowest BCUT2D eigenvalue weighted by Crippen LogP contribution is -2.30. The fourth-order valence-corrected chi connectivity index (χ4v) is 4.77. The Morgan fingerprint density at radius 2 is 1.97 bits per heavy atom. The second-order valence-electron chi connectivity index (χ2n) is 9.00. The maximum atomic E-state index is 6.20. The van der Waals surface area contributed by atoms with E-state index >= 15 is 0 Å². The molecule has 1 aliphatic rings. The Bertz CT molecular complexity index is 1210. The Balaban J connectivity index is 1.33. The molecule has 0 unspecified atom stereocenters. The fraction of sp³-hybridized carbons (Fsp3) is 0.423. The van der Waals surface area contributed by atoms with E-state index in [1.807, 2.05) is 12.3 Å². The Hall–Kier alpha value is -3.03. The summed E-state index contributed by atoms with van der Waals surface area (Å²) in [7, 11) is 5.98. The largest absolute Gasteiger partial charge is 0.493 e. The molecule has 0 aliphatic carbocycles. The van der Waals surface area contributed by atoms with E-state index in [9.17, 15) is 0 Å². The van der Waals surface area contributed by atoms with Gasteiger partial charge in [0, 0.05) is 67.2 Å². The highest BCUT2D eigenvalue weighted by Gasteiger charge is 2.16. The monoisotopic (exact) mass is 447 g/mol. The summed E-state index contributed by atoms with van der Waals surface area (Å²) in [5.74, 6) is 1.56. The summed E-state index contributed by atoms with van der Waals surface area (Å²) in [6.45, 7) is 6.40. The van der Waals surface area contributed by atoms with Gasteiger partial charge in [0.2, 0.25) is 0 Å². The molecule has 0 saturated carbocycles. The van der Waals surface area contributed by atoms with Crippen LogP contribution in [0.5, 0.6) is 11.5 Å². The summed E-state index contributed by atoms with van der Waals surface area (Å²) in [5, 5.41) is 2.23. The molecule has 1 fully saturated rings. The molecule has 1 N–H and O–H groups in total. The Morgan fingerprint density at radius 1 is 1.06 bits per heavy atom. The molecular formula is C26H33N5O2. The lowest BCUT2D eigenvalue weighted by atomic mass is 10.1. The molecule has 4 heterocycles. The smallest absolute Gasteiger partial charge is 0.163 e. The van der Waals surface area contributed by atoms with Gasteiger partial charge in [-0.1, -0.05) is 0 Å². The number of hydrogen-bond acceptors (Lipinski definition) is 5. The van der Waals surface area contributed by atoms with Crippen LogP contribution >= 0.6 is 0 Å². The fourth-order valence-electron chi connectivity index (χ4n) is 4.77. The standard InChI is InChI=1S/C26H33N5O2/c1-29-9-5-10-31(13-12-29)11-6-14-33-25-17-23-20(16-24(25)32-3)21(18-30(23)2)22-15-19-7-4-8-27-26(19)28-22/h4,7-8,15-18H,5-6,9-14H2,1-3H3,(H,27,28). The van der Waals surface area contributed by atoms with Gasteiger partial charge in [-0.15, -0.1) is 0 Å². The van der Waals surface area contributed by atoms with Crippen LogP contribution in [-0.4, -0.2) is 77.8 Å². The second kappa shape index (κ2) is 9.45. The number of likely N-dealkylation sites (N-methyl/N-ethyl adjacent to an activating group) is 1. The van der Waals surface area contributed by atoms with Crippen molar-refractivity contribution in [2.75, 3.05) is 53.5 Å². The van der Waals surface area contributed by atoms with Gasteiger partial charge >= 0.3 is 0 Å². The van der Waals surface area contributed by atoms with Gasteiger partial charge in [0.1, 0.15) is 5.65 Å². The molecule has 174 valence electrons. The first kappa shape index (κ1) is 21.8. The van der Waals surface area contributed by atoms with Crippen molar-refractivity contribution in [2.45, 2.75) is 12.8 Å². The number of aromatic nitrogens is 3. The van der Waals surface area contributed by atoms with E-state index in [-0.39, 0.29) is 0 Å². The SMILES string of the molecule is COc1cc2c(-c3cc4cccnc4[nH]3)cn(C)c2cc1OCCCN1CCCN(C)CC1. The first-order valence-electron chi connectivity index (χ1n) is 11.8. The molecule has 0 radical (unpaired) electrons. The van der Waals surface area contributed by atoms with Crippen LogP contribution in [0.3, 0.4) is 0 Å². The van der Waals surface area contributed by atoms with Gasteiger partial charge in [0.05, 0.1) is 19.2 Å². The van der Waals surface area contributed by atoms with Crippen LogP contribution < -0.4 is 9.47 Å². The molecule has 0 spiro atoms. The minimum atomic E-state index is 0.680. The van der Waals surface area contributed by atoms with Crippen LogP contribution in [0.25, 0.3) is 33.2 Å². The van der Waals surface area contributed by atoms with Gasteiger partial charge in [0.15, 0.2) is 11.5 Å². The van der Waals surface area contributed by atoms with Gasteiger partial charge in [-0.25, -0.2) is 4.98 Å². The summed E-state index contributed by atoms with van der Waals surface area (Å²) < 4.78 is 14.1. The van der Waals surface area contributed by atoms with Crippen molar-refractivity contribution in [3.63, 3.8) is 0 Å². The number of benzene rings is 1. The number of rotatable bonds is 7. The van der Waals surface area contributed by atoms with Gasteiger partial charge in [-0.05, 0) is 57.2 Å². The van der Waals surface area contributed by atoms with E-state index in [0.717, 1.165) is 70.7 Å². The number of aromatic amines is 1. The number of hydrogen-bond donors (Lipinski definition) is 1. The molecule has 3 aromatic heterocycles. The van der Waals surface area contributed by atoms with Gasteiger partial charge in [-0.2, -0.15) is 0 Å². The Kier molecular flexibility index (Phi) is 6.24. The molecule has 33 heavy (non-hydrogen) atoms. The van der Waals surface area contributed by atoms with Crippen molar-refractivity contribution in [1.82, 2.24) is 24.3 Å². The van der Waals surface area contributed by atoms with Crippen LogP contribution in [0.2, 0.25) is 0 Å². The molecule has 0 amide bonds. The maximum Gasteiger partial charge on any atom is 0.163 e. The summed E-state index contributed by atoms with van der Waals surface area (Å²) in [6, 6.07) is 10.4. The van der Waals surface area contributed by atoms with Crippen molar-refractivity contribution < 1.29 is 9.47 Å². The van der Waals surface area contributed by atoms with Gasteiger partial charge < -0.3 is 28.8 Å². The lowest BCUT2D eigenvalue weighted by Gasteiger charge is -2.20.